The van der Waals surface area contributed by atoms with E-state index >= 15 is 0 Å². The predicted octanol–water partition coefficient (Wildman–Crippen LogP) is 4.97. The largest absolute Gasteiger partial charge is 0.243 e. The molecule has 0 radical (unpaired) electrons. The van der Waals surface area contributed by atoms with Crippen molar-refractivity contribution in [3.05, 3.63) is 63.3 Å². The molecule has 0 aliphatic rings. The van der Waals surface area contributed by atoms with Gasteiger partial charge in [0.15, 0.2) is 0 Å². The fourth-order valence-electron chi connectivity index (χ4n) is 1.36. The molecule has 0 bridgehead atoms. The van der Waals surface area contributed by atoms with Crippen molar-refractivity contribution in [3.8, 4) is 0 Å². The first-order chi connectivity index (χ1) is 8.16. The zero-order valence-corrected chi connectivity index (χ0v) is 11.0. The van der Waals surface area contributed by atoms with Gasteiger partial charge >= 0.3 is 0 Å². The molecule has 1 heterocycles. The smallest absolute Gasteiger partial charge is 0.139 e. The van der Waals surface area contributed by atoms with Crippen LogP contribution in [0.4, 0.5) is 4.39 Å². The van der Waals surface area contributed by atoms with Gasteiger partial charge in [-0.25, -0.2) is 9.37 Å². The van der Waals surface area contributed by atoms with Crippen molar-refractivity contribution in [2.45, 2.75) is 0 Å². The normalized spacial score (nSPS) is 11.6. The molecule has 0 fully saturated rings. The topological polar surface area (TPSA) is 12.9 Å². The number of pyridine rings is 1. The van der Waals surface area contributed by atoms with Crippen molar-refractivity contribution >= 4 is 39.4 Å². The molecular formula is C13H8BrClFN. The standard InChI is InChI=1S/C13H8BrClFN/c14-10-7-11(13(15)17-8-10)12(16)6-9-4-2-1-3-5-9/h1-8H. The minimum absolute atomic E-state index is 0.151. The monoisotopic (exact) mass is 311 g/mol. The summed E-state index contributed by atoms with van der Waals surface area (Å²) in [6, 6.07) is 10.8. The maximum atomic E-state index is 14.0. The fourth-order valence-corrected chi connectivity index (χ4v) is 1.89. The molecule has 0 saturated heterocycles. The van der Waals surface area contributed by atoms with E-state index in [1.165, 1.54) is 12.3 Å². The van der Waals surface area contributed by atoms with Gasteiger partial charge in [0, 0.05) is 16.2 Å². The van der Waals surface area contributed by atoms with E-state index in [0.717, 1.165) is 5.56 Å². The highest BCUT2D eigenvalue weighted by atomic mass is 79.9. The highest BCUT2D eigenvalue weighted by Crippen LogP contribution is 2.27. The first-order valence-corrected chi connectivity index (χ1v) is 6.07. The van der Waals surface area contributed by atoms with Crippen molar-refractivity contribution in [1.29, 1.82) is 0 Å². The highest BCUT2D eigenvalue weighted by Gasteiger charge is 2.08. The molecule has 0 spiro atoms. The summed E-state index contributed by atoms with van der Waals surface area (Å²) < 4.78 is 14.7. The quantitative estimate of drug-likeness (QED) is 0.714. The minimum Gasteiger partial charge on any atom is -0.243 e. The van der Waals surface area contributed by atoms with Gasteiger partial charge in [-0.05, 0) is 33.6 Å². The predicted molar refractivity (Wildman–Crippen MR) is 72.4 cm³/mol. The third-order valence-corrected chi connectivity index (χ3v) is 2.89. The van der Waals surface area contributed by atoms with Gasteiger partial charge in [0.1, 0.15) is 11.0 Å². The van der Waals surface area contributed by atoms with Crippen molar-refractivity contribution in [2.75, 3.05) is 0 Å². The van der Waals surface area contributed by atoms with Crippen molar-refractivity contribution < 1.29 is 4.39 Å². The van der Waals surface area contributed by atoms with Gasteiger partial charge in [-0.3, -0.25) is 0 Å². The summed E-state index contributed by atoms with van der Waals surface area (Å²) in [6.45, 7) is 0. The van der Waals surface area contributed by atoms with Crippen molar-refractivity contribution in [3.63, 3.8) is 0 Å². The number of nitrogens with zero attached hydrogens (tertiary/aromatic N) is 1. The van der Waals surface area contributed by atoms with E-state index in [4.69, 9.17) is 11.6 Å². The zero-order chi connectivity index (χ0) is 12.3. The zero-order valence-electron chi connectivity index (χ0n) is 8.70. The maximum absolute atomic E-state index is 14.0. The van der Waals surface area contributed by atoms with Crippen LogP contribution in [0, 0.1) is 0 Å². The SMILES string of the molecule is FC(=Cc1ccccc1)c1cc(Br)cnc1Cl. The van der Waals surface area contributed by atoms with Crippen LogP contribution in [0.15, 0.2) is 47.1 Å². The Morgan fingerprint density at radius 1 is 1.29 bits per heavy atom. The second-order valence-electron chi connectivity index (χ2n) is 3.39. The van der Waals surface area contributed by atoms with Crippen LogP contribution in [-0.2, 0) is 0 Å². The van der Waals surface area contributed by atoms with Crippen LogP contribution >= 0.6 is 27.5 Å². The Kier molecular flexibility index (Phi) is 3.92. The number of rotatable bonds is 2. The molecule has 17 heavy (non-hydrogen) atoms. The van der Waals surface area contributed by atoms with Crippen LogP contribution in [-0.4, -0.2) is 4.98 Å². The summed E-state index contributed by atoms with van der Waals surface area (Å²) in [7, 11) is 0. The molecule has 0 aliphatic carbocycles. The molecule has 0 N–H and O–H groups in total. The van der Waals surface area contributed by atoms with Gasteiger partial charge in [0.25, 0.3) is 0 Å². The van der Waals surface area contributed by atoms with E-state index in [2.05, 4.69) is 20.9 Å². The number of aromatic nitrogens is 1. The molecule has 0 unspecified atom stereocenters. The molecule has 1 aromatic carbocycles. The van der Waals surface area contributed by atoms with Gasteiger partial charge < -0.3 is 0 Å². The van der Waals surface area contributed by atoms with Gasteiger partial charge in [-0.1, -0.05) is 41.9 Å². The number of hydrogen-bond acceptors (Lipinski definition) is 1. The van der Waals surface area contributed by atoms with Gasteiger partial charge in [-0.2, -0.15) is 0 Å². The molecule has 86 valence electrons. The molecule has 1 aromatic heterocycles. The Balaban J connectivity index is 2.40. The average Bonchev–Trinajstić information content (AvgIpc) is 2.33. The van der Waals surface area contributed by atoms with Crippen molar-refractivity contribution in [2.24, 2.45) is 0 Å². The van der Waals surface area contributed by atoms with E-state index in [1.807, 2.05) is 30.3 Å². The van der Waals surface area contributed by atoms with E-state index in [9.17, 15) is 4.39 Å². The van der Waals surface area contributed by atoms with Crippen LogP contribution in [0.5, 0.6) is 0 Å². The molecule has 0 saturated carbocycles. The summed E-state index contributed by atoms with van der Waals surface area (Å²) in [5.41, 5.74) is 1.06. The van der Waals surface area contributed by atoms with Crippen LogP contribution in [0.2, 0.25) is 5.15 Å². The summed E-state index contributed by atoms with van der Waals surface area (Å²) in [4.78, 5) is 3.88. The summed E-state index contributed by atoms with van der Waals surface area (Å²) in [5, 5.41) is 0.151. The van der Waals surface area contributed by atoms with Crippen LogP contribution in [0.1, 0.15) is 11.1 Å². The maximum Gasteiger partial charge on any atom is 0.139 e. The highest BCUT2D eigenvalue weighted by molar-refractivity contribution is 9.10. The molecule has 1 nitrogen and oxygen atoms in total. The Labute approximate surface area is 112 Å². The van der Waals surface area contributed by atoms with Gasteiger partial charge in [0.2, 0.25) is 0 Å². The van der Waals surface area contributed by atoms with Crippen LogP contribution in [0.25, 0.3) is 11.9 Å². The Morgan fingerprint density at radius 3 is 2.71 bits per heavy atom. The Hall–Kier alpha value is -1.19. The average molecular weight is 313 g/mol. The molecule has 0 aliphatic heterocycles. The van der Waals surface area contributed by atoms with Gasteiger partial charge in [0.05, 0.1) is 0 Å². The molecule has 0 atom stereocenters. The second kappa shape index (κ2) is 5.43. The lowest BCUT2D eigenvalue weighted by Gasteiger charge is -2.01. The molecular weight excluding hydrogens is 305 g/mol. The summed E-state index contributed by atoms with van der Waals surface area (Å²) in [5.74, 6) is -0.407. The number of halogens is 3. The van der Waals surface area contributed by atoms with E-state index in [0.29, 0.717) is 4.47 Å². The number of benzene rings is 1. The van der Waals surface area contributed by atoms with E-state index < -0.39 is 5.83 Å². The lowest BCUT2D eigenvalue weighted by atomic mass is 10.1. The molecule has 2 aromatic rings. The third-order valence-electron chi connectivity index (χ3n) is 2.16. The minimum atomic E-state index is -0.407. The van der Waals surface area contributed by atoms with Gasteiger partial charge in [-0.15, -0.1) is 0 Å². The first kappa shape index (κ1) is 12.3. The first-order valence-electron chi connectivity index (χ1n) is 4.90. The lowest BCUT2D eigenvalue weighted by molar-refractivity contribution is 0.764. The Bertz CT molecular complexity index is 555. The Morgan fingerprint density at radius 2 is 2.00 bits per heavy atom. The summed E-state index contributed by atoms with van der Waals surface area (Å²) in [6.07, 6.45) is 2.96. The third kappa shape index (κ3) is 3.14. The lowest BCUT2D eigenvalue weighted by Crippen LogP contribution is -1.85. The van der Waals surface area contributed by atoms with Crippen LogP contribution < -0.4 is 0 Å². The number of hydrogen-bond donors (Lipinski definition) is 0. The summed E-state index contributed by atoms with van der Waals surface area (Å²) >= 11 is 9.08. The second-order valence-corrected chi connectivity index (χ2v) is 4.67. The fraction of sp³-hybridized carbons (Fsp3) is 0. The van der Waals surface area contributed by atoms with Crippen molar-refractivity contribution in [1.82, 2.24) is 4.98 Å². The van der Waals surface area contributed by atoms with E-state index in [1.54, 1.807) is 6.07 Å². The molecule has 4 heteroatoms. The molecule has 0 amide bonds. The van der Waals surface area contributed by atoms with Crippen LogP contribution in [0.3, 0.4) is 0 Å². The van der Waals surface area contributed by atoms with E-state index in [-0.39, 0.29) is 10.7 Å². The molecule has 2 rings (SSSR count).